The molecule has 3 N–H and O–H groups in total. The zero-order valence-electron chi connectivity index (χ0n) is 11.9. The van der Waals surface area contributed by atoms with Crippen LogP contribution in [0.1, 0.15) is 29.7 Å². The quantitative estimate of drug-likeness (QED) is 0.763. The summed E-state index contributed by atoms with van der Waals surface area (Å²) in [6.07, 6.45) is 3.02. The van der Waals surface area contributed by atoms with Gasteiger partial charge < -0.3 is 10.5 Å². The number of hydrogen-bond acceptors (Lipinski definition) is 5. The lowest BCUT2D eigenvalue weighted by Crippen LogP contribution is -2.31. The SMILES string of the molecule is COCCC1(CNS(=O)(=O)c2c(C)csc2CN)CC1. The van der Waals surface area contributed by atoms with Gasteiger partial charge in [0.15, 0.2) is 0 Å². The predicted octanol–water partition coefficient (Wildman–Crippen LogP) is 1.61. The molecule has 20 heavy (non-hydrogen) atoms. The van der Waals surface area contributed by atoms with E-state index in [9.17, 15) is 8.42 Å². The summed E-state index contributed by atoms with van der Waals surface area (Å²) in [7, 11) is -1.80. The van der Waals surface area contributed by atoms with E-state index in [4.69, 9.17) is 10.5 Å². The van der Waals surface area contributed by atoms with Crippen LogP contribution in [0.5, 0.6) is 0 Å². The van der Waals surface area contributed by atoms with Crippen LogP contribution in [0.2, 0.25) is 0 Å². The summed E-state index contributed by atoms with van der Waals surface area (Å²) in [4.78, 5) is 1.09. The third kappa shape index (κ3) is 3.40. The minimum Gasteiger partial charge on any atom is -0.385 e. The molecule has 0 aromatic carbocycles. The molecule has 1 fully saturated rings. The molecule has 114 valence electrons. The first kappa shape index (κ1) is 15.9. The lowest BCUT2D eigenvalue weighted by molar-refractivity contribution is 0.173. The Bertz CT molecular complexity index is 562. The maximum absolute atomic E-state index is 12.5. The largest absolute Gasteiger partial charge is 0.385 e. The van der Waals surface area contributed by atoms with Crippen molar-refractivity contribution < 1.29 is 13.2 Å². The van der Waals surface area contributed by atoms with Crippen LogP contribution in [0, 0.1) is 12.3 Å². The van der Waals surface area contributed by atoms with E-state index in [1.165, 1.54) is 11.3 Å². The average molecular weight is 318 g/mol. The highest BCUT2D eigenvalue weighted by Gasteiger charge is 2.42. The number of rotatable bonds is 8. The van der Waals surface area contributed by atoms with Crippen LogP contribution in [0.25, 0.3) is 0 Å². The summed E-state index contributed by atoms with van der Waals surface area (Å²) < 4.78 is 32.7. The summed E-state index contributed by atoms with van der Waals surface area (Å²) in [5.74, 6) is 0. The molecule has 0 aliphatic heterocycles. The number of ether oxygens (including phenoxy) is 1. The second kappa shape index (κ2) is 6.11. The topological polar surface area (TPSA) is 81.4 Å². The monoisotopic (exact) mass is 318 g/mol. The van der Waals surface area contributed by atoms with E-state index in [0.717, 1.165) is 29.7 Å². The van der Waals surface area contributed by atoms with Gasteiger partial charge in [0, 0.05) is 31.7 Å². The van der Waals surface area contributed by atoms with Crippen LogP contribution < -0.4 is 10.5 Å². The molecule has 2 rings (SSSR count). The molecule has 0 unspecified atom stereocenters. The number of methoxy groups -OCH3 is 1. The van der Waals surface area contributed by atoms with E-state index in [-0.39, 0.29) is 12.0 Å². The molecule has 0 spiro atoms. The van der Waals surface area contributed by atoms with Gasteiger partial charge in [-0.05, 0) is 42.5 Å². The smallest absolute Gasteiger partial charge is 0.242 e. The fourth-order valence-corrected chi connectivity index (χ4v) is 5.18. The normalized spacial score (nSPS) is 17.4. The number of nitrogens with one attached hydrogen (secondary N) is 1. The maximum atomic E-state index is 12.5. The molecule has 1 heterocycles. The molecule has 5 nitrogen and oxygen atoms in total. The zero-order chi connectivity index (χ0) is 14.8. The fourth-order valence-electron chi connectivity index (χ4n) is 2.32. The first-order valence-electron chi connectivity index (χ1n) is 6.70. The van der Waals surface area contributed by atoms with E-state index in [1.807, 2.05) is 12.3 Å². The molecule has 0 atom stereocenters. The van der Waals surface area contributed by atoms with Crippen LogP contribution in [-0.2, 0) is 21.3 Å². The molecular formula is C13H22N2O3S2. The number of aryl methyl sites for hydroxylation is 1. The van der Waals surface area contributed by atoms with E-state index in [1.54, 1.807) is 7.11 Å². The average Bonchev–Trinajstić information content (AvgIpc) is 3.09. The fraction of sp³-hybridized carbons (Fsp3) is 0.692. The third-order valence-corrected chi connectivity index (χ3v) is 6.76. The maximum Gasteiger partial charge on any atom is 0.242 e. The number of nitrogens with two attached hydrogens (primary N) is 1. The molecule has 1 saturated carbocycles. The van der Waals surface area contributed by atoms with Gasteiger partial charge in [-0.1, -0.05) is 0 Å². The van der Waals surface area contributed by atoms with E-state index >= 15 is 0 Å². The summed E-state index contributed by atoms with van der Waals surface area (Å²) in [6, 6.07) is 0. The first-order valence-corrected chi connectivity index (χ1v) is 9.06. The molecule has 7 heteroatoms. The van der Waals surface area contributed by atoms with Gasteiger partial charge in [-0.2, -0.15) is 0 Å². The van der Waals surface area contributed by atoms with E-state index in [0.29, 0.717) is 18.0 Å². The first-order chi connectivity index (χ1) is 9.44. The van der Waals surface area contributed by atoms with Crippen molar-refractivity contribution in [1.29, 1.82) is 0 Å². The van der Waals surface area contributed by atoms with Gasteiger partial charge in [0.05, 0.1) is 0 Å². The van der Waals surface area contributed by atoms with Crippen molar-refractivity contribution in [2.45, 2.75) is 37.6 Å². The Kier molecular flexibility index (Phi) is 4.86. The molecule has 1 aromatic rings. The summed E-state index contributed by atoms with van der Waals surface area (Å²) in [5.41, 5.74) is 6.48. The Morgan fingerprint density at radius 1 is 1.50 bits per heavy atom. The van der Waals surface area contributed by atoms with Crippen LogP contribution in [-0.4, -0.2) is 28.7 Å². The van der Waals surface area contributed by atoms with Gasteiger partial charge in [-0.25, -0.2) is 13.1 Å². The van der Waals surface area contributed by atoms with Gasteiger partial charge in [0.1, 0.15) is 4.90 Å². The Morgan fingerprint density at radius 3 is 2.75 bits per heavy atom. The van der Waals surface area contributed by atoms with Crippen molar-refractivity contribution in [3.05, 3.63) is 15.8 Å². The number of thiophene rings is 1. The molecule has 0 saturated heterocycles. The lowest BCUT2D eigenvalue weighted by atomic mass is 10.0. The van der Waals surface area contributed by atoms with Crippen molar-refractivity contribution in [1.82, 2.24) is 4.72 Å². The Balaban J connectivity index is 2.06. The van der Waals surface area contributed by atoms with Crippen molar-refractivity contribution >= 4 is 21.4 Å². The van der Waals surface area contributed by atoms with Gasteiger partial charge in [0.25, 0.3) is 0 Å². The second-order valence-corrected chi connectivity index (χ2v) is 8.11. The third-order valence-electron chi connectivity index (χ3n) is 3.87. The Labute approximate surface area is 124 Å². The van der Waals surface area contributed by atoms with Gasteiger partial charge >= 0.3 is 0 Å². The van der Waals surface area contributed by atoms with Crippen LogP contribution >= 0.6 is 11.3 Å². The molecule has 1 aromatic heterocycles. The van der Waals surface area contributed by atoms with E-state index < -0.39 is 10.0 Å². The zero-order valence-corrected chi connectivity index (χ0v) is 13.6. The summed E-state index contributed by atoms with van der Waals surface area (Å²) in [5, 5.41) is 1.84. The molecule has 1 aliphatic rings. The van der Waals surface area contributed by atoms with Crippen molar-refractivity contribution in [2.75, 3.05) is 20.3 Å². The number of sulfonamides is 1. The number of hydrogen-bond donors (Lipinski definition) is 2. The lowest BCUT2D eigenvalue weighted by Gasteiger charge is -2.16. The van der Waals surface area contributed by atoms with Crippen LogP contribution in [0.4, 0.5) is 0 Å². The summed E-state index contributed by atoms with van der Waals surface area (Å²) in [6.45, 7) is 3.22. The van der Waals surface area contributed by atoms with Crippen molar-refractivity contribution in [2.24, 2.45) is 11.1 Å². The minimum absolute atomic E-state index is 0.0931. The Morgan fingerprint density at radius 2 is 2.20 bits per heavy atom. The molecule has 0 bridgehead atoms. The standard InChI is InChI=1S/C13H22N2O3S2/c1-10-8-19-11(7-14)12(10)20(16,17)15-9-13(3-4-13)5-6-18-2/h8,15H,3-7,9,14H2,1-2H3. The van der Waals surface area contributed by atoms with Crippen LogP contribution in [0.15, 0.2) is 10.3 Å². The Hall–Kier alpha value is -0.470. The van der Waals surface area contributed by atoms with E-state index in [2.05, 4.69) is 4.72 Å². The highest BCUT2D eigenvalue weighted by Crippen LogP contribution is 2.48. The second-order valence-electron chi connectivity index (χ2n) is 5.44. The van der Waals surface area contributed by atoms with Crippen molar-refractivity contribution in [3.8, 4) is 0 Å². The predicted molar refractivity (Wildman–Crippen MR) is 80.3 cm³/mol. The van der Waals surface area contributed by atoms with Crippen LogP contribution in [0.3, 0.4) is 0 Å². The van der Waals surface area contributed by atoms with Crippen molar-refractivity contribution in [3.63, 3.8) is 0 Å². The minimum atomic E-state index is -3.47. The summed E-state index contributed by atoms with van der Waals surface area (Å²) >= 11 is 1.40. The molecule has 1 aliphatic carbocycles. The molecule has 0 amide bonds. The van der Waals surface area contributed by atoms with Gasteiger partial charge in [-0.15, -0.1) is 11.3 Å². The highest BCUT2D eigenvalue weighted by molar-refractivity contribution is 7.89. The van der Waals surface area contributed by atoms with Gasteiger partial charge in [0.2, 0.25) is 10.0 Å². The van der Waals surface area contributed by atoms with Gasteiger partial charge in [-0.3, -0.25) is 0 Å². The highest BCUT2D eigenvalue weighted by atomic mass is 32.2. The molecular weight excluding hydrogens is 296 g/mol. The molecule has 0 radical (unpaired) electrons.